The molecule has 1 fully saturated rings. The van der Waals surface area contributed by atoms with Gasteiger partial charge in [-0.1, -0.05) is 30.3 Å². The number of rotatable bonds is 9. The molecule has 1 aliphatic heterocycles. The average molecular weight is 319 g/mol. The smallest absolute Gasteiger partial charge is 0.225 e. The van der Waals surface area contributed by atoms with Gasteiger partial charge in [0.25, 0.3) is 0 Å². The minimum absolute atomic E-state index is 0.0394. The van der Waals surface area contributed by atoms with E-state index in [1.165, 1.54) is 0 Å². The van der Waals surface area contributed by atoms with Crippen molar-refractivity contribution in [3.63, 3.8) is 0 Å². The quantitative estimate of drug-likeness (QED) is 0.646. The van der Waals surface area contributed by atoms with E-state index in [1.807, 2.05) is 30.3 Å². The summed E-state index contributed by atoms with van der Waals surface area (Å²) in [7, 11) is 1.65. The number of carbonyl (C=O) groups excluding carboxylic acids is 2. The molecule has 23 heavy (non-hydrogen) atoms. The predicted molar refractivity (Wildman–Crippen MR) is 87.7 cm³/mol. The molecule has 2 rings (SSSR count). The Labute approximate surface area is 137 Å². The monoisotopic (exact) mass is 319 g/mol. The maximum atomic E-state index is 12.1. The highest BCUT2D eigenvalue weighted by Gasteiger charge is 2.33. The first kappa shape index (κ1) is 17.4. The van der Waals surface area contributed by atoms with Crippen molar-refractivity contribution in [1.82, 2.24) is 15.5 Å². The second-order valence-corrected chi connectivity index (χ2v) is 5.69. The van der Waals surface area contributed by atoms with Gasteiger partial charge in [-0.05, 0) is 5.56 Å². The molecule has 0 bridgehead atoms. The normalized spacial score (nSPS) is 17.5. The van der Waals surface area contributed by atoms with E-state index >= 15 is 0 Å². The minimum Gasteiger partial charge on any atom is -0.383 e. The Morgan fingerprint density at radius 1 is 1.26 bits per heavy atom. The first-order valence-electron chi connectivity index (χ1n) is 7.99. The third-order valence-corrected chi connectivity index (χ3v) is 3.89. The van der Waals surface area contributed by atoms with Crippen molar-refractivity contribution >= 4 is 11.8 Å². The van der Waals surface area contributed by atoms with Crippen molar-refractivity contribution in [3.05, 3.63) is 35.9 Å². The number of methoxy groups -OCH3 is 1. The second kappa shape index (κ2) is 9.27. The zero-order chi connectivity index (χ0) is 16.5. The summed E-state index contributed by atoms with van der Waals surface area (Å²) < 4.78 is 4.93. The van der Waals surface area contributed by atoms with Crippen LogP contribution in [0, 0.1) is 5.92 Å². The van der Waals surface area contributed by atoms with Crippen LogP contribution in [0.1, 0.15) is 12.0 Å². The van der Waals surface area contributed by atoms with E-state index in [0.29, 0.717) is 39.2 Å². The van der Waals surface area contributed by atoms with E-state index in [-0.39, 0.29) is 17.7 Å². The third-order valence-electron chi connectivity index (χ3n) is 3.89. The summed E-state index contributed by atoms with van der Waals surface area (Å²) in [4.78, 5) is 26.0. The van der Waals surface area contributed by atoms with Crippen molar-refractivity contribution in [2.24, 2.45) is 5.92 Å². The molecule has 126 valence electrons. The standard InChI is InChI=1S/C17H25N3O3/c1-23-10-9-18-7-8-19-17(22)15-11-16(21)20(13-15)12-14-5-3-2-4-6-14/h2-6,15,18H,7-13H2,1H3,(H,19,22). The van der Waals surface area contributed by atoms with E-state index in [4.69, 9.17) is 4.74 Å². The summed E-state index contributed by atoms with van der Waals surface area (Å²) in [6.45, 7) is 3.74. The van der Waals surface area contributed by atoms with Crippen LogP contribution in [-0.2, 0) is 20.9 Å². The maximum absolute atomic E-state index is 12.1. The lowest BCUT2D eigenvalue weighted by molar-refractivity contribution is -0.129. The Kier molecular flexibility index (Phi) is 7.03. The number of nitrogens with one attached hydrogen (secondary N) is 2. The number of ether oxygens (including phenoxy) is 1. The van der Waals surface area contributed by atoms with Crippen molar-refractivity contribution in [2.75, 3.05) is 39.9 Å². The topological polar surface area (TPSA) is 70.7 Å². The molecule has 6 nitrogen and oxygen atoms in total. The molecule has 1 unspecified atom stereocenters. The zero-order valence-corrected chi connectivity index (χ0v) is 13.6. The summed E-state index contributed by atoms with van der Waals surface area (Å²) in [5.41, 5.74) is 1.09. The van der Waals surface area contributed by atoms with E-state index < -0.39 is 0 Å². The number of amides is 2. The Morgan fingerprint density at radius 3 is 2.78 bits per heavy atom. The van der Waals surface area contributed by atoms with Crippen LogP contribution < -0.4 is 10.6 Å². The van der Waals surface area contributed by atoms with Gasteiger partial charge >= 0.3 is 0 Å². The number of nitrogens with zero attached hydrogens (tertiary/aromatic N) is 1. The fourth-order valence-electron chi connectivity index (χ4n) is 2.62. The fourth-order valence-corrected chi connectivity index (χ4v) is 2.62. The molecular weight excluding hydrogens is 294 g/mol. The highest BCUT2D eigenvalue weighted by molar-refractivity contribution is 5.89. The molecule has 1 aromatic carbocycles. The van der Waals surface area contributed by atoms with Crippen LogP contribution in [0.3, 0.4) is 0 Å². The predicted octanol–water partition coefficient (Wildman–Crippen LogP) is 0.387. The lowest BCUT2D eigenvalue weighted by Gasteiger charge is -2.16. The van der Waals surface area contributed by atoms with Gasteiger partial charge in [0.1, 0.15) is 0 Å². The minimum atomic E-state index is -0.245. The highest BCUT2D eigenvalue weighted by Crippen LogP contribution is 2.20. The van der Waals surface area contributed by atoms with Gasteiger partial charge in [0.2, 0.25) is 11.8 Å². The number of benzene rings is 1. The number of hydrogen-bond donors (Lipinski definition) is 2. The molecule has 6 heteroatoms. The SMILES string of the molecule is COCCNCCNC(=O)C1CC(=O)N(Cc2ccccc2)C1. The van der Waals surface area contributed by atoms with Crippen LogP contribution >= 0.6 is 0 Å². The van der Waals surface area contributed by atoms with Gasteiger partial charge in [0.05, 0.1) is 12.5 Å². The summed E-state index contributed by atoms with van der Waals surface area (Å²) in [6, 6.07) is 9.85. The van der Waals surface area contributed by atoms with Gasteiger partial charge in [0.15, 0.2) is 0 Å². The Hall–Kier alpha value is -1.92. The number of carbonyl (C=O) groups is 2. The molecule has 2 amide bonds. The van der Waals surface area contributed by atoms with Crippen LogP contribution in [-0.4, -0.2) is 56.6 Å². The van der Waals surface area contributed by atoms with Gasteiger partial charge in [0, 0.05) is 46.3 Å². The van der Waals surface area contributed by atoms with Crippen molar-refractivity contribution in [1.29, 1.82) is 0 Å². The van der Waals surface area contributed by atoms with Gasteiger partial charge < -0.3 is 20.3 Å². The molecule has 1 aliphatic rings. The first-order chi connectivity index (χ1) is 11.2. The molecule has 0 spiro atoms. The van der Waals surface area contributed by atoms with Crippen LogP contribution in [0.4, 0.5) is 0 Å². The lowest BCUT2D eigenvalue weighted by Crippen LogP contribution is -2.37. The van der Waals surface area contributed by atoms with Gasteiger partial charge in [-0.3, -0.25) is 9.59 Å². The molecule has 0 saturated carbocycles. The molecular formula is C17H25N3O3. The van der Waals surface area contributed by atoms with Crippen LogP contribution in [0.5, 0.6) is 0 Å². The van der Waals surface area contributed by atoms with E-state index in [0.717, 1.165) is 12.1 Å². The van der Waals surface area contributed by atoms with Gasteiger partial charge in [-0.25, -0.2) is 0 Å². The van der Waals surface area contributed by atoms with E-state index in [1.54, 1.807) is 12.0 Å². The van der Waals surface area contributed by atoms with Crippen molar-refractivity contribution in [3.8, 4) is 0 Å². The lowest BCUT2D eigenvalue weighted by atomic mass is 10.1. The zero-order valence-electron chi connectivity index (χ0n) is 13.6. The summed E-state index contributed by atoms with van der Waals surface area (Å²) in [5.74, 6) is -0.236. The molecule has 0 aliphatic carbocycles. The molecule has 1 saturated heterocycles. The largest absolute Gasteiger partial charge is 0.383 e. The second-order valence-electron chi connectivity index (χ2n) is 5.69. The third kappa shape index (κ3) is 5.65. The van der Waals surface area contributed by atoms with Gasteiger partial charge in [-0.2, -0.15) is 0 Å². The Balaban J connectivity index is 1.70. The molecule has 0 radical (unpaired) electrons. The van der Waals surface area contributed by atoms with E-state index in [2.05, 4.69) is 10.6 Å². The van der Waals surface area contributed by atoms with Crippen molar-refractivity contribution < 1.29 is 14.3 Å². The molecule has 1 heterocycles. The van der Waals surface area contributed by atoms with Crippen molar-refractivity contribution in [2.45, 2.75) is 13.0 Å². The van der Waals surface area contributed by atoms with Crippen LogP contribution in [0.25, 0.3) is 0 Å². The fraction of sp³-hybridized carbons (Fsp3) is 0.529. The first-order valence-corrected chi connectivity index (χ1v) is 7.99. The maximum Gasteiger partial charge on any atom is 0.225 e. The highest BCUT2D eigenvalue weighted by atomic mass is 16.5. The Morgan fingerprint density at radius 2 is 2.04 bits per heavy atom. The Bertz CT molecular complexity index is 507. The van der Waals surface area contributed by atoms with Crippen LogP contribution in [0.15, 0.2) is 30.3 Å². The van der Waals surface area contributed by atoms with E-state index in [9.17, 15) is 9.59 Å². The molecule has 2 N–H and O–H groups in total. The summed E-state index contributed by atoms with van der Waals surface area (Å²) in [6.07, 6.45) is 0.301. The molecule has 0 aromatic heterocycles. The molecule has 1 atom stereocenters. The molecule has 1 aromatic rings. The average Bonchev–Trinajstić information content (AvgIpc) is 2.92. The van der Waals surface area contributed by atoms with Gasteiger partial charge in [-0.15, -0.1) is 0 Å². The number of likely N-dealkylation sites (tertiary alicyclic amines) is 1. The summed E-state index contributed by atoms with van der Waals surface area (Å²) in [5, 5.41) is 6.05. The summed E-state index contributed by atoms with van der Waals surface area (Å²) >= 11 is 0. The van der Waals surface area contributed by atoms with Crippen LogP contribution in [0.2, 0.25) is 0 Å². The number of hydrogen-bond acceptors (Lipinski definition) is 4.